The summed E-state index contributed by atoms with van der Waals surface area (Å²) in [5, 5.41) is 9.01. The molecule has 1 aromatic heterocycles. The van der Waals surface area contributed by atoms with Crippen molar-refractivity contribution < 1.29 is 0 Å². The standard InChI is InChI=1S/C6H5N3OS/c1-11-6-4(2-7)8-3-5(10)9-6/h3H,1H3,(H,9,10). The van der Waals surface area contributed by atoms with Crippen LogP contribution < -0.4 is 5.56 Å². The van der Waals surface area contributed by atoms with Crippen LogP contribution in [0.25, 0.3) is 0 Å². The van der Waals surface area contributed by atoms with E-state index in [1.165, 1.54) is 11.8 Å². The lowest BCUT2D eigenvalue weighted by atomic mass is 10.5. The summed E-state index contributed by atoms with van der Waals surface area (Å²) in [6.45, 7) is 0. The summed E-state index contributed by atoms with van der Waals surface area (Å²) in [5.41, 5.74) is -0.0227. The third-order valence-corrected chi connectivity index (χ3v) is 1.78. The molecule has 0 bridgehead atoms. The molecule has 1 heterocycles. The lowest BCUT2D eigenvalue weighted by molar-refractivity contribution is 0.987. The summed E-state index contributed by atoms with van der Waals surface area (Å²) in [7, 11) is 0. The maximum atomic E-state index is 10.7. The molecule has 5 heteroatoms. The number of hydrogen-bond acceptors (Lipinski definition) is 4. The predicted octanol–water partition coefficient (Wildman–Crippen LogP) is 0.363. The van der Waals surface area contributed by atoms with Crippen molar-refractivity contribution in [2.75, 3.05) is 6.26 Å². The number of hydrogen-bond donors (Lipinski definition) is 1. The highest BCUT2D eigenvalue weighted by Gasteiger charge is 2.00. The van der Waals surface area contributed by atoms with Crippen LogP contribution in [0.5, 0.6) is 0 Å². The van der Waals surface area contributed by atoms with Gasteiger partial charge in [0.05, 0.1) is 6.20 Å². The molecule has 1 rings (SSSR count). The zero-order valence-electron chi connectivity index (χ0n) is 5.79. The smallest absolute Gasteiger partial charge is 0.267 e. The summed E-state index contributed by atoms with van der Waals surface area (Å²) in [5.74, 6) is 0. The molecule has 0 saturated carbocycles. The molecule has 0 radical (unpaired) electrons. The minimum atomic E-state index is -0.284. The fourth-order valence-corrected chi connectivity index (χ4v) is 1.11. The number of thioether (sulfide) groups is 1. The first-order valence-corrected chi connectivity index (χ1v) is 4.04. The molecule has 1 N–H and O–H groups in total. The molecule has 0 aliphatic carbocycles. The van der Waals surface area contributed by atoms with E-state index in [-0.39, 0.29) is 11.3 Å². The molecule has 0 fully saturated rings. The molecular weight excluding hydrogens is 162 g/mol. The third kappa shape index (κ3) is 1.59. The molecule has 11 heavy (non-hydrogen) atoms. The van der Waals surface area contributed by atoms with E-state index in [9.17, 15) is 4.79 Å². The van der Waals surface area contributed by atoms with Crippen molar-refractivity contribution in [1.29, 1.82) is 5.26 Å². The Kier molecular flexibility index (Phi) is 2.28. The van der Waals surface area contributed by atoms with Crippen molar-refractivity contribution >= 4 is 11.8 Å². The quantitative estimate of drug-likeness (QED) is 0.613. The van der Waals surface area contributed by atoms with Gasteiger partial charge in [0.1, 0.15) is 11.1 Å². The maximum Gasteiger partial charge on any atom is 0.267 e. The zero-order chi connectivity index (χ0) is 8.27. The van der Waals surface area contributed by atoms with E-state index < -0.39 is 0 Å². The first-order valence-electron chi connectivity index (χ1n) is 2.81. The maximum absolute atomic E-state index is 10.7. The van der Waals surface area contributed by atoms with Gasteiger partial charge in [-0.2, -0.15) is 5.26 Å². The van der Waals surface area contributed by atoms with Gasteiger partial charge in [0, 0.05) is 0 Å². The topological polar surface area (TPSA) is 69.5 Å². The first-order chi connectivity index (χ1) is 5.27. The number of aromatic amines is 1. The molecule has 0 spiro atoms. The summed E-state index contributed by atoms with van der Waals surface area (Å²) in [4.78, 5) is 16.8. The van der Waals surface area contributed by atoms with Crippen molar-refractivity contribution in [1.82, 2.24) is 9.97 Å². The summed E-state index contributed by atoms with van der Waals surface area (Å²) < 4.78 is 0. The van der Waals surface area contributed by atoms with E-state index in [1.54, 1.807) is 6.26 Å². The van der Waals surface area contributed by atoms with Gasteiger partial charge in [0.25, 0.3) is 5.56 Å². The molecule has 0 amide bonds. The van der Waals surface area contributed by atoms with Crippen LogP contribution in [0.1, 0.15) is 5.69 Å². The summed E-state index contributed by atoms with van der Waals surface area (Å²) in [6.07, 6.45) is 2.87. The van der Waals surface area contributed by atoms with Gasteiger partial charge in [-0.15, -0.1) is 11.8 Å². The fraction of sp³-hybridized carbons (Fsp3) is 0.167. The van der Waals surface area contributed by atoms with E-state index in [1.807, 2.05) is 6.07 Å². The molecule has 1 aromatic rings. The minimum absolute atomic E-state index is 0.261. The highest BCUT2D eigenvalue weighted by atomic mass is 32.2. The predicted molar refractivity (Wildman–Crippen MR) is 41.4 cm³/mol. The van der Waals surface area contributed by atoms with Gasteiger partial charge in [0.15, 0.2) is 5.69 Å². The van der Waals surface area contributed by atoms with Crippen molar-refractivity contribution in [2.24, 2.45) is 0 Å². The molecular formula is C6H5N3OS. The Morgan fingerprint density at radius 2 is 2.55 bits per heavy atom. The summed E-state index contributed by atoms with van der Waals surface area (Å²) in [6, 6.07) is 1.87. The van der Waals surface area contributed by atoms with Gasteiger partial charge in [-0.25, -0.2) is 4.98 Å². The van der Waals surface area contributed by atoms with Crippen LogP contribution in [-0.2, 0) is 0 Å². The third-order valence-electron chi connectivity index (χ3n) is 1.07. The normalized spacial score (nSPS) is 9.09. The van der Waals surface area contributed by atoms with E-state index in [0.717, 1.165) is 6.20 Å². The summed E-state index contributed by atoms with van der Waals surface area (Å²) >= 11 is 1.29. The molecule has 0 aliphatic heterocycles. The minimum Gasteiger partial charge on any atom is -0.313 e. The number of H-pyrrole nitrogens is 1. The molecule has 0 atom stereocenters. The van der Waals surface area contributed by atoms with Crippen molar-refractivity contribution in [2.45, 2.75) is 5.03 Å². The molecule has 0 aliphatic rings. The molecule has 0 saturated heterocycles. The monoisotopic (exact) mass is 167 g/mol. The van der Waals surface area contributed by atoms with Gasteiger partial charge >= 0.3 is 0 Å². The zero-order valence-corrected chi connectivity index (χ0v) is 6.60. The van der Waals surface area contributed by atoms with Crippen LogP contribution >= 0.6 is 11.8 Å². The second-order valence-corrected chi connectivity index (χ2v) is 2.56. The Morgan fingerprint density at radius 3 is 3.09 bits per heavy atom. The Hall–Kier alpha value is -1.28. The van der Waals surface area contributed by atoms with Crippen LogP contribution in [0.2, 0.25) is 0 Å². The van der Waals surface area contributed by atoms with Gasteiger partial charge in [-0.1, -0.05) is 0 Å². The second kappa shape index (κ2) is 3.21. The Bertz CT molecular complexity index is 352. The average molecular weight is 167 g/mol. The highest BCUT2D eigenvalue weighted by molar-refractivity contribution is 7.98. The number of nitriles is 1. The lowest BCUT2D eigenvalue weighted by Crippen LogP contribution is -2.07. The molecule has 4 nitrogen and oxygen atoms in total. The van der Waals surface area contributed by atoms with Crippen molar-refractivity contribution in [3.63, 3.8) is 0 Å². The average Bonchev–Trinajstić information content (AvgIpc) is 2.04. The van der Waals surface area contributed by atoms with Crippen LogP contribution in [0.4, 0.5) is 0 Å². The van der Waals surface area contributed by atoms with Gasteiger partial charge in [-0.3, -0.25) is 4.79 Å². The second-order valence-electron chi connectivity index (χ2n) is 1.74. The SMILES string of the molecule is CSc1[nH]c(=O)cnc1C#N. The van der Waals surface area contributed by atoms with Crippen LogP contribution in [0, 0.1) is 11.3 Å². The first kappa shape index (κ1) is 7.82. The van der Waals surface area contributed by atoms with Gasteiger partial charge in [-0.05, 0) is 6.26 Å². The van der Waals surface area contributed by atoms with Crippen molar-refractivity contribution in [3.05, 3.63) is 22.2 Å². The van der Waals surface area contributed by atoms with E-state index >= 15 is 0 Å². The Morgan fingerprint density at radius 1 is 1.82 bits per heavy atom. The van der Waals surface area contributed by atoms with Crippen LogP contribution in [0.3, 0.4) is 0 Å². The molecule has 0 unspecified atom stereocenters. The Labute approximate surface area is 67.3 Å². The fourth-order valence-electron chi connectivity index (χ4n) is 0.613. The number of nitrogens with one attached hydrogen (secondary N) is 1. The molecule has 0 aromatic carbocycles. The van der Waals surface area contributed by atoms with Gasteiger partial charge in [0.2, 0.25) is 0 Å². The lowest BCUT2D eigenvalue weighted by Gasteiger charge is -1.94. The number of rotatable bonds is 1. The van der Waals surface area contributed by atoms with E-state index in [0.29, 0.717) is 5.03 Å². The van der Waals surface area contributed by atoms with Crippen molar-refractivity contribution in [3.8, 4) is 6.07 Å². The largest absolute Gasteiger partial charge is 0.313 e. The number of aromatic nitrogens is 2. The highest BCUT2D eigenvalue weighted by Crippen LogP contribution is 2.11. The van der Waals surface area contributed by atoms with E-state index in [4.69, 9.17) is 5.26 Å². The van der Waals surface area contributed by atoms with Crippen LogP contribution in [0.15, 0.2) is 16.0 Å². The van der Waals surface area contributed by atoms with E-state index in [2.05, 4.69) is 9.97 Å². The van der Waals surface area contributed by atoms with Crippen LogP contribution in [-0.4, -0.2) is 16.2 Å². The molecule has 56 valence electrons. The van der Waals surface area contributed by atoms with Gasteiger partial charge < -0.3 is 4.98 Å². The Balaban J connectivity index is 3.30. The number of nitrogens with zero attached hydrogens (tertiary/aromatic N) is 2.